The molecule has 0 aliphatic carbocycles. The highest BCUT2D eigenvalue weighted by Gasteiger charge is 2.34. The van der Waals surface area contributed by atoms with Crippen LogP contribution in [0.15, 0.2) is 36.4 Å². The fourth-order valence-electron chi connectivity index (χ4n) is 3.60. The third kappa shape index (κ3) is 6.04. The molecule has 33 heavy (non-hydrogen) atoms. The molecule has 1 saturated heterocycles. The molecule has 1 amide bonds. The van der Waals surface area contributed by atoms with E-state index in [0.29, 0.717) is 41.6 Å². The van der Waals surface area contributed by atoms with Crippen molar-refractivity contribution in [2.45, 2.75) is 13.1 Å². The van der Waals surface area contributed by atoms with Gasteiger partial charge < -0.3 is 9.80 Å². The van der Waals surface area contributed by atoms with Gasteiger partial charge in [-0.1, -0.05) is 29.3 Å². The van der Waals surface area contributed by atoms with Crippen molar-refractivity contribution in [1.82, 2.24) is 4.90 Å². The summed E-state index contributed by atoms with van der Waals surface area (Å²) in [6.45, 7) is 2.92. The van der Waals surface area contributed by atoms with Gasteiger partial charge in [-0.25, -0.2) is 8.42 Å². The fourth-order valence-corrected chi connectivity index (χ4v) is 4.89. The highest BCUT2D eigenvalue weighted by atomic mass is 35.5. The highest BCUT2D eigenvalue weighted by molar-refractivity contribution is 7.92. The average Bonchev–Trinajstić information content (AvgIpc) is 2.72. The lowest BCUT2D eigenvalue weighted by molar-refractivity contribution is -0.137. The van der Waals surface area contributed by atoms with Crippen LogP contribution in [-0.2, 0) is 21.0 Å². The lowest BCUT2D eigenvalue weighted by Crippen LogP contribution is -2.52. The smallest absolute Gasteiger partial charge is 0.368 e. The van der Waals surface area contributed by atoms with Crippen LogP contribution < -0.4 is 9.21 Å². The molecule has 1 aliphatic rings. The number of nitrogens with zero attached hydrogens (tertiary/aromatic N) is 3. The number of anilines is 2. The van der Waals surface area contributed by atoms with Gasteiger partial charge in [0.25, 0.3) is 0 Å². The predicted molar refractivity (Wildman–Crippen MR) is 124 cm³/mol. The van der Waals surface area contributed by atoms with Crippen molar-refractivity contribution in [3.63, 3.8) is 0 Å². The standard InChI is InChI=1S/C21H22Cl2F3N3O3S/c1-14-3-5-16(22)12-18(14)27-7-9-28(10-8-27)20(30)13-29(33(2,31)32)19-11-15(21(24,25)26)4-6-17(19)23/h3-6,11-12H,7-10,13H2,1-2H3. The number of hydrogen-bond donors (Lipinski definition) is 0. The molecule has 180 valence electrons. The van der Waals surface area contributed by atoms with E-state index in [-0.39, 0.29) is 5.02 Å². The van der Waals surface area contributed by atoms with E-state index >= 15 is 0 Å². The Morgan fingerprint density at radius 2 is 1.70 bits per heavy atom. The molecule has 2 aromatic rings. The van der Waals surface area contributed by atoms with Crippen LogP contribution in [-0.4, -0.2) is 58.2 Å². The van der Waals surface area contributed by atoms with Crippen LogP contribution in [0.5, 0.6) is 0 Å². The highest BCUT2D eigenvalue weighted by Crippen LogP contribution is 2.36. The normalized spacial score (nSPS) is 15.0. The van der Waals surface area contributed by atoms with Gasteiger partial charge in [0.2, 0.25) is 15.9 Å². The molecule has 1 aliphatic heterocycles. The van der Waals surface area contributed by atoms with Gasteiger partial charge in [0.15, 0.2) is 0 Å². The van der Waals surface area contributed by atoms with Gasteiger partial charge in [-0.15, -0.1) is 0 Å². The quantitative estimate of drug-likeness (QED) is 0.581. The molecule has 0 bridgehead atoms. The Hall–Kier alpha value is -2.17. The van der Waals surface area contributed by atoms with E-state index in [0.717, 1.165) is 29.6 Å². The summed E-state index contributed by atoms with van der Waals surface area (Å²) >= 11 is 12.1. The topological polar surface area (TPSA) is 60.9 Å². The van der Waals surface area contributed by atoms with Crippen molar-refractivity contribution in [3.05, 3.63) is 57.6 Å². The zero-order chi connectivity index (χ0) is 24.6. The van der Waals surface area contributed by atoms with E-state index in [1.807, 2.05) is 19.1 Å². The molecule has 0 atom stereocenters. The Balaban J connectivity index is 1.77. The molecule has 1 fully saturated rings. The Kier molecular flexibility index (Phi) is 7.40. The molecule has 12 heteroatoms. The Morgan fingerprint density at radius 3 is 2.27 bits per heavy atom. The first-order chi connectivity index (χ1) is 15.3. The maximum Gasteiger partial charge on any atom is 0.416 e. The van der Waals surface area contributed by atoms with Crippen LogP contribution in [0.4, 0.5) is 24.5 Å². The number of carbonyl (C=O) groups excluding carboxylic acids is 1. The summed E-state index contributed by atoms with van der Waals surface area (Å²) in [7, 11) is -4.09. The molecule has 0 spiro atoms. The molecule has 0 saturated carbocycles. The number of rotatable bonds is 5. The van der Waals surface area contributed by atoms with E-state index in [9.17, 15) is 26.4 Å². The molecule has 0 aromatic heterocycles. The first kappa shape index (κ1) is 25.5. The predicted octanol–water partition coefficient (Wildman–Crippen LogP) is 4.44. The minimum atomic E-state index is -4.69. The van der Waals surface area contributed by atoms with Crippen LogP contribution >= 0.6 is 23.2 Å². The second-order valence-electron chi connectivity index (χ2n) is 7.73. The van der Waals surface area contributed by atoms with Crippen molar-refractivity contribution >= 4 is 50.5 Å². The lowest BCUT2D eigenvalue weighted by atomic mass is 10.1. The van der Waals surface area contributed by atoms with E-state index in [4.69, 9.17) is 23.2 Å². The minimum absolute atomic E-state index is 0.206. The SMILES string of the molecule is Cc1ccc(Cl)cc1N1CCN(C(=O)CN(c2cc(C(F)(F)F)ccc2Cl)S(C)(=O)=O)CC1. The largest absolute Gasteiger partial charge is 0.416 e. The van der Waals surface area contributed by atoms with Crippen molar-refractivity contribution in [2.24, 2.45) is 0 Å². The first-order valence-corrected chi connectivity index (χ1v) is 12.5. The molecular weight excluding hydrogens is 502 g/mol. The molecule has 1 heterocycles. The maximum absolute atomic E-state index is 13.1. The number of hydrogen-bond acceptors (Lipinski definition) is 4. The molecule has 3 rings (SSSR count). The second-order valence-corrected chi connectivity index (χ2v) is 10.5. The number of benzene rings is 2. The van der Waals surface area contributed by atoms with Gasteiger partial charge in [-0.3, -0.25) is 9.10 Å². The summed E-state index contributed by atoms with van der Waals surface area (Å²) in [5.74, 6) is -0.531. The maximum atomic E-state index is 13.1. The van der Waals surface area contributed by atoms with Gasteiger partial charge >= 0.3 is 6.18 Å². The van der Waals surface area contributed by atoms with Crippen molar-refractivity contribution in [3.8, 4) is 0 Å². The lowest BCUT2D eigenvalue weighted by Gasteiger charge is -2.37. The average molecular weight is 524 g/mol. The van der Waals surface area contributed by atoms with E-state index < -0.39 is 39.9 Å². The zero-order valence-corrected chi connectivity index (χ0v) is 20.2. The molecule has 0 radical (unpaired) electrons. The zero-order valence-electron chi connectivity index (χ0n) is 17.9. The van der Waals surface area contributed by atoms with Crippen molar-refractivity contribution in [1.29, 1.82) is 0 Å². The molecule has 0 unspecified atom stereocenters. The second kappa shape index (κ2) is 9.60. The Bertz CT molecular complexity index is 1150. The number of alkyl halides is 3. The minimum Gasteiger partial charge on any atom is -0.368 e. The monoisotopic (exact) mass is 523 g/mol. The van der Waals surface area contributed by atoms with Crippen LogP contribution in [0.2, 0.25) is 10.0 Å². The summed E-state index contributed by atoms with van der Waals surface area (Å²) in [6, 6.07) is 7.89. The summed E-state index contributed by atoms with van der Waals surface area (Å²) in [5.41, 5.74) is 0.522. The van der Waals surface area contributed by atoms with Crippen molar-refractivity contribution < 1.29 is 26.4 Å². The number of piperazine rings is 1. The molecule has 2 aromatic carbocycles. The van der Waals surface area contributed by atoms with Gasteiger partial charge in [0.05, 0.1) is 22.5 Å². The number of carbonyl (C=O) groups is 1. The van der Waals surface area contributed by atoms with Gasteiger partial charge in [0, 0.05) is 36.9 Å². The number of aryl methyl sites for hydroxylation is 1. The van der Waals surface area contributed by atoms with Gasteiger partial charge in [0.1, 0.15) is 6.54 Å². The van der Waals surface area contributed by atoms with Crippen LogP contribution in [0.25, 0.3) is 0 Å². The third-order valence-corrected chi connectivity index (χ3v) is 7.05. The third-order valence-electron chi connectivity index (χ3n) is 5.37. The van der Waals surface area contributed by atoms with Crippen LogP contribution in [0.3, 0.4) is 0 Å². The van der Waals surface area contributed by atoms with Gasteiger partial charge in [-0.2, -0.15) is 13.2 Å². The van der Waals surface area contributed by atoms with Crippen LogP contribution in [0.1, 0.15) is 11.1 Å². The molecule has 0 N–H and O–H groups in total. The van der Waals surface area contributed by atoms with E-state index in [1.54, 1.807) is 6.07 Å². The number of halogens is 5. The van der Waals surface area contributed by atoms with Crippen LogP contribution in [0, 0.1) is 6.92 Å². The van der Waals surface area contributed by atoms with Gasteiger partial charge in [-0.05, 0) is 42.8 Å². The number of amides is 1. The van der Waals surface area contributed by atoms with Crippen molar-refractivity contribution in [2.75, 3.05) is 48.2 Å². The first-order valence-electron chi connectivity index (χ1n) is 9.90. The molecular formula is C21H22Cl2F3N3O3S. The Labute approximate surface area is 200 Å². The summed E-state index contributed by atoms with van der Waals surface area (Å²) < 4.78 is 64.8. The summed E-state index contributed by atoms with van der Waals surface area (Å²) in [6.07, 6.45) is -3.88. The van der Waals surface area contributed by atoms with E-state index in [1.165, 1.54) is 4.90 Å². The number of sulfonamides is 1. The summed E-state index contributed by atoms with van der Waals surface area (Å²) in [4.78, 5) is 16.5. The Morgan fingerprint density at radius 1 is 1.06 bits per heavy atom. The summed E-state index contributed by atoms with van der Waals surface area (Å²) in [5, 5.41) is 0.387. The molecule has 6 nitrogen and oxygen atoms in total. The van der Waals surface area contributed by atoms with E-state index in [2.05, 4.69) is 4.90 Å². The fraction of sp³-hybridized carbons (Fsp3) is 0.381.